The highest BCUT2D eigenvalue weighted by Gasteiger charge is 2.13. The number of aryl methyl sites for hydroxylation is 2. The Morgan fingerprint density at radius 2 is 1.82 bits per heavy atom. The number of rotatable bonds is 3. The Kier molecular flexibility index (Phi) is 3.59. The van der Waals surface area contributed by atoms with E-state index in [0.717, 1.165) is 16.7 Å². The molecule has 0 unspecified atom stereocenters. The lowest BCUT2D eigenvalue weighted by Gasteiger charge is -2.05. The Balaban J connectivity index is 1.83. The first-order valence-corrected chi connectivity index (χ1v) is 6.97. The van der Waals surface area contributed by atoms with Crippen LogP contribution < -0.4 is 9.47 Å². The second-order valence-electron chi connectivity index (χ2n) is 5.26. The van der Waals surface area contributed by atoms with Gasteiger partial charge in [0, 0.05) is 0 Å². The molecule has 0 fully saturated rings. The molecule has 3 rings (SSSR count). The molecule has 0 aromatic heterocycles. The van der Waals surface area contributed by atoms with E-state index < -0.39 is 0 Å². The fourth-order valence-corrected chi connectivity index (χ4v) is 2.28. The van der Waals surface area contributed by atoms with Crippen LogP contribution in [0.1, 0.15) is 27.0 Å². The normalized spacial score (nSPS) is 12.8. The monoisotopic (exact) mass is 296 g/mol. The Hall–Kier alpha value is -2.75. The van der Waals surface area contributed by atoms with Crippen LogP contribution in [-0.4, -0.2) is 17.7 Å². The summed E-state index contributed by atoms with van der Waals surface area (Å²) in [7, 11) is 0. The largest absolute Gasteiger partial charge is 0.507 e. The lowest BCUT2D eigenvalue weighted by atomic mass is 10.0. The molecule has 22 heavy (non-hydrogen) atoms. The van der Waals surface area contributed by atoms with Crippen LogP contribution in [-0.2, 0) is 0 Å². The lowest BCUT2D eigenvalue weighted by molar-refractivity contribution is 0.104. The van der Waals surface area contributed by atoms with Crippen LogP contribution in [0.15, 0.2) is 36.4 Å². The third kappa shape index (κ3) is 2.68. The van der Waals surface area contributed by atoms with Crippen LogP contribution in [0.5, 0.6) is 17.2 Å². The number of benzene rings is 2. The molecule has 0 bridgehead atoms. The Morgan fingerprint density at radius 1 is 1.09 bits per heavy atom. The lowest BCUT2D eigenvalue weighted by Crippen LogP contribution is -1.97. The molecule has 0 aliphatic carbocycles. The van der Waals surface area contributed by atoms with Crippen molar-refractivity contribution in [2.45, 2.75) is 13.8 Å². The first-order chi connectivity index (χ1) is 10.5. The molecule has 0 saturated heterocycles. The van der Waals surface area contributed by atoms with Gasteiger partial charge < -0.3 is 14.6 Å². The number of hydrogen-bond acceptors (Lipinski definition) is 4. The predicted octanol–water partition coefficient (Wildman–Crippen LogP) is 3.63. The van der Waals surface area contributed by atoms with Crippen molar-refractivity contribution in [3.63, 3.8) is 0 Å². The smallest absolute Gasteiger partial charge is 0.231 e. The summed E-state index contributed by atoms with van der Waals surface area (Å²) in [5.41, 5.74) is 3.06. The second kappa shape index (κ2) is 5.56. The summed E-state index contributed by atoms with van der Waals surface area (Å²) in [5.74, 6) is 1.14. The fourth-order valence-electron chi connectivity index (χ4n) is 2.28. The zero-order chi connectivity index (χ0) is 15.7. The molecule has 0 spiro atoms. The summed E-state index contributed by atoms with van der Waals surface area (Å²) in [6.45, 7) is 4.02. The molecule has 1 heterocycles. The molecular weight excluding hydrogens is 280 g/mol. The van der Waals surface area contributed by atoms with E-state index in [1.807, 2.05) is 26.0 Å². The Morgan fingerprint density at radius 3 is 2.64 bits per heavy atom. The van der Waals surface area contributed by atoms with Crippen LogP contribution in [0, 0.1) is 13.8 Å². The van der Waals surface area contributed by atoms with E-state index in [2.05, 4.69) is 0 Å². The zero-order valence-corrected chi connectivity index (χ0v) is 12.4. The van der Waals surface area contributed by atoms with Gasteiger partial charge in [-0.05, 0) is 60.9 Å². The molecule has 4 nitrogen and oxygen atoms in total. The van der Waals surface area contributed by atoms with Gasteiger partial charge in [-0.3, -0.25) is 4.79 Å². The van der Waals surface area contributed by atoms with Gasteiger partial charge in [0.1, 0.15) is 5.75 Å². The molecule has 1 aliphatic rings. The summed E-state index contributed by atoms with van der Waals surface area (Å²) in [6.07, 6.45) is 3.14. The van der Waals surface area contributed by atoms with Crippen LogP contribution >= 0.6 is 0 Å². The maximum absolute atomic E-state index is 12.2. The molecule has 2 aromatic rings. The Bertz CT molecular complexity index is 775. The van der Waals surface area contributed by atoms with Crippen LogP contribution in [0.4, 0.5) is 0 Å². The maximum Gasteiger partial charge on any atom is 0.231 e. The topological polar surface area (TPSA) is 55.8 Å². The summed E-state index contributed by atoms with van der Waals surface area (Å²) in [5, 5.41) is 9.92. The molecule has 0 amide bonds. The number of ether oxygens (including phenoxy) is 2. The number of carbonyl (C=O) groups excluding carboxylic acids is 1. The van der Waals surface area contributed by atoms with Gasteiger partial charge in [0.15, 0.2) is 17.3 Å². The van der Waals surface area contributed by atoms with E-state index >= 15 is 0 Å². The van der Waals surface area contributed by atoms with E-state index in [9.17, 15) is 9.90 Å². The van der Waals surface area contributed by atoms with Crippen LogP contribution in [0.2, 0.25) is 0 Å². The molecule has 1 N–H and O–H groups in total. The van der Waals surface area contributed by atoms with Gasteiger partial charge in [-0.1, -0.05) is 12.1 Å². The second-order valence-corrected chi connectivity index (χ2v) is 5.26. The van der Waals surface area contributed by atoms with Gasteiger partial charge >= 0.3 is 0 Å². The summed E-state index contributed by atoms with van der Waals surface area (Å²) in [6, 6.07) is 8.78. The summed E-state index contributed by atoms with van der Waals surface area (Å²) >= 11 is 0. The van der Waals surface area contributed by atoms with Crippen LogP contribution in [0.25, 0.3) is 6.08 Å². The number of allylic oxidation sites excluding steroid dienone is 1. The molecule has 2 aromatic carbocycles. The van der Waals surface area contributed by atoms with Gasteiger partial charge in [0.25, 0.3) is 0 Å². The third-order valence-corrected chi connectivity index (χ3v) is 3.70. The van der Waals surface area contributed by atoms with Crippen molar-refractivity contribution < 1.29 is 19.4 Å². The van der Waals surface area contributed by atoms with Gasteiger partial charge in [-0.15, -0.1) is 0 Å². The average Bonchev–Trinajstić information content (AvgIpc) is 2.96. The molecule has 1 aliphatic heterocycles. The van der Waals surface area contributed by atoms with Crippen molar-refractivity contribution in [2.75, 3.05) is 6.79 Å². The highest BCUT2D eigenvalue weighted by molar-refractivity contribution is 6.08. The Labute approximate surface area is 128 Å². The number of fused-ring (bicyclic) bond motifs is 1. The van der Waals surface area contributed by atoms with Gasteiger partial charge in [-0.25, -0.2) is 0 Å². The average molecular weight is 296 g/mol. The standard InChI is InChI=1S/C18H16O4/c1-11-7-14(16(20)8-12(11)2)15(19)5-3-13-4-6-17-18(9-13)22-10-21-17/h3-9,20H,10H2,1-2H3. The first-order valence-electron chi connectivity index (χ1n) is 6.97. The number of phenolic OH excluding ortho intramolecular Hbond substituents is 1. The van der Waals surface area contributed by atoms with Gasteiger partial charge in [-0.2, -0.15) is 0 Å². The first kappa shape index (κ1) is 14.2. The highest BCUT2D eigenvalue weighted by Crippen LogP contribution is 2.33. The molecule has 0 radical (unpaired) electrons. The molecule has 4 heteroatoms. The third-order valence-electron chi connectivity index (χ3n) is 3.70. The van der Waals surface area contributed by atoms with Gasteiger partial charge in [0.2, 0.25) is 6.79 Å². The minimum absolute atomic E-state index is 0.00318. The summed E-state index contributed by atoms with van der Waals surface area (Å²) in [4.78, 5) is 12.2. The number of carbonyl (C=O) groups is 1. The van der Waals surface area contributed by atoms with Crippen molar-refractivity contribution in [3.05, 3.63) is 58.7 Å². The van der Waals surface area contributed by atoms with E-state index in [-0.39, 0.29) is 18.3 Å². The maximum atomic E-state index is 12.2. The minimum Gasteiger partial charge on any atom is -0.507 e. The number of hydrogen-bond donors (Lipinski definition) is 1. The minimum atomic E-state index is -0.238. The summed E-state index contributed by atoms with van der Waals surface area (Å²) < 4.78 is 10.5. The van der Waals surface area contributed by atoms with Crippen molar-refractivity contribution >= 4 is 11.9 Å². The predicted molar refractivity (Wildman–Crippen MR) is 83.5 cm³/mol. The van der Waals surface area contributed by atoms with E-state index in [0.29, 0.717) is 17.1 Å². The SMILES string of the molecule is Cc1cc(O)c(C(=O)C=Cc2ccc3c(c2)OCO3)cc1C. The van der Waals surface area contributed by atoms with Crippen LogP contribution in [0.3, 0.4) is 0 Å². The number of aromatic hydroxyl groups is 1. The number of ketones is 1. The number of phenols is 1. The molecule has 112 valence electrons. The zero-order valence-electron chi connectivity index (χ0n) is 12.4. The van der Waals surface area contributed by atoms with Crippen molar-refractivity contribution in [2.24, 2.45) is 0 Å². The van der Waals surface area contributed by atoms with Crippen molar-refractivity contribution in [1.82, 2.24) is 0 Å². The van der Waals surface area contributed by atoms with E-state index in [1.54, 1.807) is 24.3 Å². The van der Waals surface area contributed by atoms with E-state index in [4.69, 9.17) is 9.47 Å². The van der Waals surface area contributed by atoms with E-state index in [1.165, 1.54) is 6.08 Å². The highest BCUT2D eigenvalue weighted by atomic mass is 16.7. The van der Waals surface area contributed by atoms with Crippen molar-refractivity contribution in [1.29, 1.82) is 0 Å². The van der Waals surface area contributed by atoms with Crippen molar-refractivity contribution in [3.8, 4) is 17.2 Å². The molecule has 0 atom stereocenters. The van der Waals surface area contributed by atoms with Gasteiger partial charge in [0.05, 0.1) is 5.56 Å². The quantitative estimate of drug-likeness (QED) is 0.694. The molecular formula is C18H16O4. The molecule has 0 saturated carbocycles. The fraction of sp³-hybridized carbons (Fsp3) is 0.167.